The number of carbonyl (C=O) groups is 2. The first-order valence-corrected chi connectivity index (χ1v) is 9.45. The Balaban J connectivity index is 1.47. The van der Waals surface area contributed by atoms with Gasteiger partial charge in [0.1, 0.15) is 5.56 Å². The maximum Gasteiger partial charge on any atom is 0.262 e. The Kier molecular flexibility index (Phi) is 4.89. The van der Waals surface area contributed by atoms with Gasteiger partial charge in [-0.15, -0.1) is 0 Å². The number of Topliss-reactive ketones (excluding diaryl/α,β-unsaturated/α-hetero) is 1. The summed E-state index contributed by atoms with van der Waals surface area (Å²) in [6, 6.07) is 3.13. The smallest absolute Gasteiger partial charge is 0.262 e. The summed E-state index contributed by atoms with van der Waals surface area (Å²) in [5.41, 5.74) is 0.536. The minimum absolute atomic E-state index is 0.0344. The highest BCUT2D eigenvalue weighted by atomic mass is 16.2. The van der Waals surface area contributed by atoms with Gasteiger partial charge in [0.2, 0.25) is 0 Å². The fourth-order valence-corrected chi connectivity index (χ4v) is 3.79. The monoisotopic (exact) mass is 369 g/mol. The average Bonchev–Trinajstić information content (AvgIpc) is 3.09. The van der Waals surface area contributed by atoms with Crippen LogP contribution in [0.2, 0.25) is 0 Å². The number of aromatic nitrogens is 3. The molecule has 1 saturated heterocycles. The fourth-order valence-electron chi connectivity index (χ4n) is 3.79. The SMILES string of the molecule is O=C1CCCc2[nH]c(=O)c(C(=O)Nc3ccn(CC4CCNCC4)n3)cc21. The summed E-state index contributed by atoms with van der Waals surface area (Å²) in [5.74, 6) is 0.388. The normalized spacial score (nSPS) is 17.6. The Bertz CT molecular complexity index is 924. The van der Waals surface area contributed by atoms with E-state index in [-0.39, 0.29) is 11.3 Å². The highest BCUT2D eigenvalue weighted by Gasteiger charge is 2.22. The number of hydrogen-bond acceptors (Lipinski definition) is 5. The molecule has 3 heterocycles. The van der Waals surface area contributed by atoms with Crippen LogP contribution in [-0.4, -0.2) is 39.5 Å². The Labute approximate surface area is 156 Å². The summed E-state index contributed by atoms with van der Waals surface area (Å²) in [5, 5.41) is 10.4. The summed E-state index contributed by atoms with van der Waals surface area (Å²) < 4.78 is 1.83. The maximum atomic E-state index is 12.5. The largest absolute Gasteiger partial charge is 0.325 e. The molecule has 3 N–H and O–H groups in total. The number of pyridine rings is 1. The average molecular weight is 369 g/mol. The first kappa shape index (κ1) is 17.7. The number of anilines is 1. The van der Waals surface area contributed by atoms with E-state index in [2.05, 4.69) is 20.7 Å². The second kappa shape index (κ2) is 7.48. The summed E-state index contributed by atoms with van der Waals surface area (Å²) in [4.78, 5) is 39.5. The van der Waals surface area contributed by atoms with Crippen LogP contribution in [0.4, 0.5) is 5.82 Å². The number of carbonyl (C=O) groups excluding carboxylic acids is 2. The summed E-state index contributed by atoms with van der Waals surface area (Å²) in [6.45, 7) is 2.86. The van der Waals surface area contributed by atoms with Crippen molar-refractivity contribution in [3.05, 3.63) is 45.5 Å². The molecule has 0 unspecified atom stereocenters. The Morgan fingerprint density at radius 2 is 2.07 bits per heavy atom. The van der Waals surface area contributed by atoms with Crippen LogP contribution in [0.15, 0.2) is 23.1 Å². The molecule has 0 aromatic carbocycles. The van der Waals surface area contributed by atoms with E-state index in [4.69, 9.17) is 0 Å². The Morgan fingerprint density at radius 3 is 2.89 bits per heavy atom. The molecule has 2 aromatic heterocycles. The number of aromatic amines is 1. The number of ketones is 1. The molecular formula is C19H23N5O3. The van der Waals surface area contributed by atoms with E-state index in [9.17, 15) is 14.4 Å². The second-order valence-electron chi connectivity index (χ2n) is 7.25. The van der Waals surface area contributed by atoms with Crippen LogP contribution in [0, 0.1) is 5.92 Å². The molecule has 1 fully saturated rings. The van der Waals surface area contributed by atoms with Crippen LogP contribution in [0.5, 0.6) is 0 Å². The summed E-state index contributed by atoms with van der Waals surface area (Å²) in [6.07, 6.45) is 5.88. The van der Waals surface area contributed by atoms with E-state index in [0.29, 0.717) is 35.8 Å². The van der Waals surface area contributed by atoms with Gasteiger partial charge in [-0.3, -0.25) is 19.1 Å². The van der Waals surface area contributed by atoms with Gasteiger partial charge in [-0.1, -0.05) is 0 Å². The van der Waals surface area contributed by atoms with E-state index < -0.39 is 11.5 Å². The first-order chi connectivity index (χ1) is 13.1. The van der Waals surface area contributed by atoms with Crippen molar-refractivity contribution in [2.45, 2.75) is 38.6 Å². The lowest BCUT2D eigenvalue weighted by molar-refractivity contribution is 0.0971. The van der Waals surface area contributed by atoms with Crippen molar-refractivity contribution in [2.24, 2.45) is 5.92 Å². The number of amides is 1. The lowest BCUT2D eigenvalue weighted by Crippen LogP contribution is -2.30. The quantitative estimate of drug-likeness (QED) is 0.754. The van der Waals surface area contributed by atoms with Crippen LogP contribution >= 0.6 is 0 Å². The van der Waals surface area contributed by atoms with Gasteiger partial charge in [0.15, 0.2) is 11.6 Å². The van der Waals surface area contributed by atoms with Crippen molar-refractivity contribution in [3.63, 3.8) is 0 Å². The van der Waals surface area contributed by atoms with E-state index in [1.54, 1.807) is 6.07 Å². The van der Waals surface area contributed by atoms with Crippen LogP contribution in [0.3, 0.4) is 0 Å². The van der Waals surface area contributed by atoms with Crippen molar-refractivity contribution in [1.82, 2.24) is 20.1 Å². The number of nitrogens with zero attached hydrogens (tertiary/aromatic N) is 2. The third-order valence-electron chi connectivity index (χ3n) is 5.28. The van der Waals surface area contributed by atoms with Gasteiger partial charge in [-0.05, 0) is 50.8 Å². The Morgan fingerprint density at radius 1 is 1.26 bits per heavy atom. The molecule has 0 bridgehead atoms. The molecule has 1 aliphatic heterocycles. The van der Waals surface area contributed by atoms with Crippen molar-refractivity contribution < 1.29 is 9.59 Å². The van der Waals surface area contributed by atoms with Crippen LogP contribution in [-0.2, 0) is 13.0 Å². The van der Waals surface area contributed by atoms with E-state index in [1.165, 1.54) is 6.07 Å². The molecule has 2 aliphatic rings. The van der Waals surface area contributed by atoms with Crippen molar-refractivity contribution in [2.75, 3.05) is 18.4 Å². The third kappa shape index (κ3) is 3.85. The molecule has 142 valence electrons. The molecule has 0 spiro atoms. The molecule has 0 atom stereocenters. The first-order valence-electron chi connectivity index (χ1n) is 9.45. The van der Waals surface area contributed by atoms with Gasteiger partial charge >= 0.3 is 0 Å². The molecule has 0 saturated carbocycles. The maximum absolute atomic E-state index is 12.5. The third-order valence-corrected chi connectivity index (χ3v) is 5.28. The summed E-state index contributed by atoms with van der Waals surface area (Å²) in [7, 11) is 0. The number of H-pyrrole nitrogens is 1. The van der Waals surface area contributed by atoms with E-state index >= 15 is 0 Å². The standard InChI is InChI=1S/C19H23N5O3/c25-16-3-1-2-15-13(16)10-14(18(26)21-15)19(27)22-17-6-9-24(23-17)11-12-4-7-20-8-5-12/h6,9-10,12,20H,1-5,7-8,11H2,(H,21,26)(H,22,23,27). The lowest BCUT2D eigenvalue weighted by Gasteiger charge is -2.22. The number of nitrogens with one attached hydrogen (secondary N) is 3. The second-order valence-corrected chi connectivity index (χ2v) is 7.25. The van der Waals surface area contributed by atoms with Crippen LogP contribution < -0.4 is 16.2 Å². The zero-order valence-corrected chi connectivity index (χ0v) is 15.1. The fraction of sp³-hybridized carbons (Fsp3) is 0.474. The number of fused-ring (bicyclic) bond motifs is 1. The highest BCUT2D eigenvalue weighted by molar-refractivity contribution is 6.06. The molecule has 8 heteroatoms. The van der Waals surface area contributed by atoms with Gasteiger partial charge in [0.25, 0.3) is 11.5 Å². The van der Waals surface area contributed by atoms with Crippen molar-refractivity contribution in [1.29, 1.82) is 0 Å². The molecule has 1 aliphatic carbocycles. The van der Waals surface area contributed by atoms with Gasteiger partial charge in [-0.2, -0.15) is 5.10 Å². The van der Waals surface area contributed by atoms with E-state index in [1.807, 2.05) is 10.9 Å². The number of rotatable bonds is 4. The predicted octanol–water partition coefficient (Wildman–Crippen LogP) is 1.34. The predicted molar refractivity (Wildman–Crippen MR) is 100 cm³/mol. The number of aryl methyl sites for hydroxylation is 1. The lowest BCUT2D eigenvalue weighted by atomic mass is 9.93. The molecule has 0 radical (unpaired) electrons. The topological polar surface area (TPSA) is 109 Å². The van der Waals surface area contributed by atoms with Gasteiger partial charge in [0.05, 0.1) is 0 Å². The van der Waals surface area contributed by atoms with Gasteiger partial charge in [0, 0.05) is 36.5 Å². The molecule has 4 rings (SSSR count). The van der Waals surface area contributed by atoms with E-state index in [0.717, 1.165) is 38.9 Å². The minimum Gasteiger partial charge on any atom is -0.325 e. The minimum atomic E-state index is -0.551. The molecule has 8 nitrogen and oxygen atoms in total. The molecule has 1 amide bonds. The molecule has 27 heavy (non-hydrogen) atoms. The summed E-state index contributed by atoms with van der Waals surface area (Å²) >= 11 is 0. The Hall–Kier alpha value is -2.74. The number of hydrogen-bond donors (Lipinski definition) is 3. The molecular weight excluding hydrogens is 346 g/mol. The number of piperidine rings is 1. The van der Waals surface area contributed by atoms with Crippen LogP contribution in [0.25, 0.3) is 0 Å². The van der Waals surface area contributed by atoms with Gasteiger partial charge in [-0.25, -0.2) is 0 Å². The molecule has 2 aromatic rings. The highest BCUT2D eigenvalue weighted by Crippen LogP contribution is 2.19. The van der Waals surface area contributed by atoms with Crippen molar-refractivity contribution in [3.8, 4) is 0 Å². The van der Waals surface area contributed by atoms with Crippen LogP contribution in [0.1, 0.15) is 52.1 Å². The van der Waals surface area contributed by atoms with Gasteiger partial charge < -0.3 is 15.6 Å². The van der Waals surface area contributed by atoms with Crippen molar-refractivity contribution >= 4 is 17.5 Å². The zero-order chi connectivity index (χ0) is 18.8. The zero-order valence-electron chi connectivity index (χ0n) is 15.1.